The van der Waals surface area contributed by atoms with Crippen molar-refractivity contribution in [3.63, 3.8) is 0 Å². The lowest BCUT2D eigenvalue weighted by Crippen LogP contribution is -2.41. The number of rotatable bonds is 20. The van der Waals surface area contributed by atoms with E-state index in [9.17, 15) is 19.2 Å². The fourth-order valence-corrected chi connectivity index (χ4v) is 3.24. The Morgan fingerprint density at radius 2 is 1.47 bits per heavy atom. The normalized spacial score (nSPS) is 11.8. The second-order valence-electron chi connectivity index (χ2n) is 7.91. The number of esters is 1. The van der Waals surface area contributed by atoms with Crippen molar-refractivity contribution in [2.45, 2.75) is 103 Å². The van der Waals surface area contributed by atoms with Crippen LogP contribution in [0.1, 0.15) is 97.3 Å². The first-order valence-electron chi connectivity index (χ1n) is 12.1. The zero-order valence-electron chi connectivity index (χ0n) is 19.8. The molecule has 1 atom stereocenters. The van der Waals surface area contributed by atoms with Crippen LogP contribution in [0.5, 0.6) is 0 Å². The topological polar surface area (TPSA) is 122 Å². The van der Waals surface area contributed by atoms with Gasteiger partial charge < -0.3 is 20.5 Å². The minimum Gasteiger partial charge on any atom is -0.478 e. The zero-order chi connectivity index (χ0) is 24.0. The molecule has 0 saturated carbocycles. The molecule has 0 spiro atoms. The molecule has 0 aromatic carbocycles. The number of carbonyl (C=O) groups excluding carboxylic acids is 3. The highest BCUT2D eigenvalue weighted by atomic mass is 16.5. The summed E-state index contributed by atoms with van der Waals surface area (Å²) in [7, 11) is 0. The molecule has 0 radical (unpaired) electrons. The predicted octanol–water partition coefficient (Wildman–Crippen LogP) is 3.88. The standard InChI is InChI=1S/C24H42N2O6/c1-3-5-6-7-8-9-10-11-12-16-21(27)25-19-14-13-15-20(24(31)32-4-2)26-22(28)17-18-23(29)30/h17-18,20H,3-16,19H2,1-2H3,(H,25,27)(H,26,28)(H,29,30)/t20-/m0/s1. The summed E-state index contributed by atoms with van der Waals surface area (Å²) in [5.74, 6) is -2.42. The Labute approximate surface area is 192 Å². The van der Waals surface area contributed by atoms with Crippen LogP contribution in [0.25, 0.3) is 0 Å². The Bertz CT molecular complexity index is 577. The lowest BCUT2D eigenvalue weighted by atomic mass is 10.1. The molecule has 8 nitrogen and oxygen atoms in total. The first kappa shape index (κ1) is 29.6. The summed E-state index contributed by atoms with van der Waals surface area (Å²) in [5.41, 5.74) is 0. The average Bonchev–Trinajstić information content (AvgIpc) is 2.75. The Hall–Kier alpha value is -2.38. The first-order chi connectivity index (χ1) is 15.4. The Kier molecular flexibility index (Phi) is 19.0. The number of aliphatic carboxylic acids is 1. The van der Waals surface area contributed by atoms with Crippen LogP contribution < -0.4 is 10.6 Å². The monoisotopic (exact) mass is 454 g/mol. The van der Waals surface area contributed by atoms with Gasteiger partial charge in [-0.05, 0) is 32.6 Å². The number of hydrogen-bond acceptors (Lipinski definition) is 5. The average molecular weight is 455 g/mol. The molecule has 0 unspecified atom stereocenters. The molecule has 2 amide bonds. The molecule has 0 aliphatic heterocycles. The van der Waals surface area contributed by atoms with Gasteiger partial charge in [0.05, 0.1) is 6.61 Å². The van der Waals surface area contributed by atoms with Crippen LogP contribution in [0, 0.1) is 0 Å². The maximum absolute atomic E-state index is 12.0. The van der Waals surface area contributed by atoms with Gasteiger partial charge in [0.25, 0.3) is 0 Å². The maximum Gasteiger partial charge on any atom is 0.328 e. The van der Waals surface area contributed by atoms with Crippen molar-refractivity contribution < 1.29 is 29.0 Å². The molecule has 184 valence electrons. The molecule has 8 heteroatoms. The van der Waals surface area contributed by atoms with Crippen molar-refractivity contribution in [3.8, 4) is 0 Å². The van der Waals surface area contributed by atoms with E-state index in [0.717, 1.165) is 18.9 Å². The van der Waals surface area contributed by atoms with E-state index in [1.54, 1.807) is 6.92 Å². The van der Waals surface area contributed by atoms with Gasteiger partial charge in [0.2, 0.25) is 11.8 Å². The molecular weight excluding hydrogens is 412 g/mol. The zero-order valence-corrected chi connectivity index (χ0v) is 19.8. The Morgan fingerprint density at radius 1 is 0.844 bits per heavy atom. The smallest absolute Gasteiger partial charge is 0.328 e. The highest BCUT2D eigenvalue weighted by molar-refractivity contribution is 5.95. The molecule has 0 heterocycles. The van der Waals surface area contributed by atoms with Crippen LogP contribution in [0.3, 0.4) is 0 Å². The maximum atomic E-state index is 12.0. The van der Waals surface area contributed by atoms with E-state index >= 15 is 0 Å². The molecule has 0 saturated heterocycles. The van der Waals surface area contributed by atoms with Gasteiger partial charge in [-0.2, -0.15) is 0 Å². The van der Waals surface area contributed by atoms with E-state index in [1.165, 1.54) is 44.9 Å². The van der Waals surface area contributed by atoms with Crippen molar-refractivity contribution >= 4 is 23.8 Å². The minimum absolute atomic E-state index is 0.0435. The van der Waals surface area contributed by atoms with Crippen LogP contribution in [0.4, 0.5) is 0 Å². The molecule has 32 heavy (non-hydrogen) atoms. The fraction of sp³-hybridized carbons (Fsp3) is 0.750. The van der Waals surface area contributed by atoms with Crippen molar-refractivity contribution in [2.24, 2.45) is 0 Å². The van der Waals surface area contributed by atoms with Gasteiger partial charge in [-0.25, -0.2) is 9.59 Å². The number of unbranched alkanes of at least 4 members (excludes halogenated alkanes) is 9. The van der Waals surface area contributed by atoms with Gasteiger partial charge in [-0.15, -0.1) is 0 Å². The van der Waals surface area contributed by atoms with Gasteiger partial charge >= 0.3 is 11.9 Å². The predicted molar refractivity (Wildman–Crippen MR) is 124 cm³/mol. The molecule has 0 bridgehead atoms. The van der Waals surface area contributed by atoms with Gasteiger partial charge in [-0.3, -0.25) is 9.59 Å². The quantitative estimate of drug-likeness (QED) is 0.146. The number of carbonyl (C=O) groups is 4. The Balaban J connectivity index is 3.94. The molecule has 0 aliphatic carbocycles. The van der Waals surface area contributed by atoms with E-state index in [4.69, 9.17) is 9.84 Å². The largest absolute Gasteiger partial charge is 0.478 e. The summed E-state index contributed by atoms with van der Waals surface area (Å²) >= 11 is 0. The second-order valence-corrected chi connectivity index (χ2v) is 7.91. The number of amides is 2. The third-order valence-corrected chi connectivity index (χ3v) is 5.01. The number of carboxylic acids is 1. The van der Waals surface area contributed by atoms with Crippen molar-refractivity contribution in [1.82, 2.24) is 10.6 Å². The SMILES string of the molecule is CCCCCCCCCCCC(=O)NCCCC[C@H](NC(=O)C=CC(=O)O)C(=O)OCC. The molecule has 0 rings (SSSR count). The van der Waals surface area contributed by atoms with Crippen molar-refractivity contribution in [1.29, 1.82) is 0 Å². The Morgan fingerprint density at radius 3 is 2.06 bits per heavy atom. The van der Waals surface area contributed by atoms with Crippen LogP contribution in [-0.4, -0.2) is 48.1 Å². The van der Waals surface area contributed by atoms with Crippen LogP contribution >= 0.6 is 0 Å². The minimum atomic E-state index is -1.24. The highest BCUT2D eigenvalue weighted by Gasteiger charge is 2.20. The van der Waals surface area contributed by atoms with E-state index < -0.39 is 23.9 Å². The number of ether oxygens (including phenoxy) is 1. The fourth-order valence-electron chi connectivity index (χ4n) is 3.24. The summed E-state index contributed by atoms with van der Waals surface area (Å²) in [6, 6.07) is -0.849. The van der Waals surface area contributed by atoms with Crippen molar-refractivity contribution in [3.05, 3.63) is 12.2 Å². The number of nitrogens with one attached hydrogen (secondary N) is 2. The first-order valence-corrected chi connectivity index (χ1v) is 12.1. The summed E-state index contributed by atoms with van der Waals surface area (Å²) < 4.78 is 4.96. The molecular formula is C24H42N2O6. The lowest BCUT2D eigenvalue weighted by molar-refractivity contribution is -0.147. The number of hydrogen-bond donors (Lipinski definition) is 3. The van der Waals surface area contributed by atoms with Gasteiger partial charge in [-0.1, -0.05) is 58.3 Å². The van der Waals surface area contributed by atoms with Crippen LogP contribution in [0.2, 0.25) is 0 Å². The molecule has 0 fully saturated rings. The van der Waals surface area contributed by atoms with Gasteiger partial charge in [0.15, 0.2) is 0 Å². The number of carboxylic acid groups (broad SMARTS) is 1. The molecule has 3 N–H and O–H groups in total. The van der Waals surface area contributed by atoms with Gasteiger partial charge in [0, 0.05) is 25.1 Å². The summed E-state index contributed by atoms with van der Waals surface area (Å²) in [4.78, 5) is 46.1. The van der Waals surface area contributed by atoms with Crippen LogP contribution in [-0.2, 0) is 23.9 Å². The summed E-state index contributed by atoms with van der Waals surface area (Å²) in [6.07, 6.45) is 14.7. The molecule has 0 aromatic rings. The molecule has 0 aromatic heterocycles. The van der Waals surface area contributed by atoms with Crippen molar-refractivity contribution in [2.75, 3.05) is 13.2 Å². The highest BCUT2D eigenvalue weighted by Crippen LogP contribution is 2.10. The second kappa shape index (κ2) is 20.5. The van der Waals surface area contributed by atoms with E-state index in [2.05, 4.69) is 17.6 Å². The summed E-state index contributed by atoms with van der Waals surface area (Å²) in [5, 5.41) is 13.9. The third-order valence-electron chi connectivity index (χ3n) is 5.01. The third kappa shape index (κ3) is 18.4. The van der Waals surface area contributed by atoms with E-state index in [0.29, 0.717) is 38.3 Å². The van der Waals surface area contributed by atoms with E-state index in [1.807, 2.05) is 0 Å². The van der Waals surface area contributed by atoms with Gasteiger partial charge in [0.1, 0.15) is 6.04 Å². The molecule has 0 aliphatic rings. The van der Waals surface area contributed by atoms with Crippen LogP contribution in [0.15, 0.2) is 12.2 Å². The van der Waals surface area contributed by atoms with E-state index in [-0.39, 0.29) is 12.5 Å². The summed E-state index contributed by atoms with van der Waals surface area (Å²) in [6.45, 7) is 4.59. The lowest BCUT2D eigenvalue weighted by Gasteiger charge is -2.16.